The summed E-state index contributed by atoms with van der Waals surface area (Å²) in [5.74, 6) is -4.88. The monoisotopic (exact) mass is 1620 g/mol. The lowest BCUT2D eigenvalue weighted by Gasteiger charge is -2.33. The Morgan fingerprint density at radius 3 is 1.26 bits per heavy atom. The summed E-state index contributed by atoms with van der Waals surface area (Å²) in [7, 11) is 9.20. The molecule has 10 aliphatic heterocycles. The molecule has 0 saturated carbocycles. The molecule has 0 unspecified atom stereocenters. The van der Waals surface area contributed by atoms with Crippen molar-refractivity contribution < 1.29 is 81.2 Å². The second-order valence-electron chi connectivity index (χ2n) is 30.9. The number of nitriles is 4. The van der Waals surface area contributed by atoms with Gasteiger partial charge in [-0.3, -0.25) is 67.9 Å². The zero-order chi connectivity index (χ0) is 87.9. The maximum absolute atomic E-state index is 12.7. The molecule has 10 fully saturated rings. The summed E-state index contributed by atoms with van der Waals surface area (Å²) in [6.45, 7) is 35.4. The minimum atomic E-state index is -1.22. The van der Waals surface area contributed by atoms with Crippen LogP contribution in [-0.4, -0.2) is 267 Å². The van der Waals surface area contributed by atoms with E-state index in [0.717, 1.165) is 99.9 Å². The Balaban J connectivity index is 0.000000253. The lowest BCUT2D eigenvalue weighted by atomic mass is 10.1. The van der Waals surface area contributed by atoms with Gasteiger partial charge in [0, 0.05) is 132 Å². The highest BCUT2D eigenvalue weighted by Crippen LogP contribution is 2.34. The fourth-order valence-corrected chi connectivity index (χ4v) is 13.2. The van der Waals surface area contributed by atoms with Crippen molar-refractivity contribution in [2.45, 2.75) is 184 Å². The number of nitrogens with zero attached hydrogens (tertiary/aromatic N) is 16. The molecule has 0 aliphatic carbocycles. The predicted octanol–water partition coefficient (Wildman–Crippen LogP) is 9.17. The molecule has 0 spiro atoms. The van der Waals surface area contributed by atoms with E-state index in [2.05, 4.69) is 54.2 Å². The highest BCUT2D eigenvalue weighted by Gasteiger charge is 2.45. The predicted molar refractivity (Wildman–Crippen MR) is 429 cm³/mol. The first-order valence-electron chi connectivity index (χ1n) is 38.8. The number of carbonyl (C=O) groups is 12. The van der Waals surface area contributed by atoms with Gasteiger partial charge in [0.15, 0.2) is 17.6 Å². The topological polar surface area (TPSA) is 385 Å². The van der Waals surface area contributed by atoms with Crippen molar-refractivity contribution in [1.82, 2.24) is 58.8 Å². The number of imide groups is 6. The SMILES string of the molecule is CC(=O)N1/C(=C/C=C2C(=O)N(C)C(=O)N(C)C2=O)OCC1(C)C.CC(C)N1CCC/C1=C/C=C(C#N)C#N.CCCN1C(=O)C(=C/C=C2/OCC(C)(C)N2CC)C(=O)N(CCC)C1=O.CCN1CCC/C1=C/C=C(C#N)C#N.CN1/C(=C\C=C2C(=O)OC(C)(C)OC2=O)OCC1(C)C.CN1C(=O)C(=C/C=C2/CCCN2C)C(=O)N(C)C1=O. The lowest BCUT2D eigenvalue weighted by Crippen LogP contribution is -2.56. The normalized spacial score (nSPS) is 21.9. The molecule has 0 aromatic carbocycles. The highest BCUT2D eigenvalue weighted by atomic mass is 16.7. The molecule has 33 nitrogen and oxygen atoms in total. The van der Waals surface area contributed by atoms with Gasteiger partial charge in [0.05, 0.1) is 16.6 Å². The molecule has 33 heteroatoms. The minimum absolute atomic E-state index is 0.00311. The smallest absolute Gasteiger partial charge is 0.348 e. The molecule has 10 aliphatic rings. The number of urea groups is 3. The summed E-state index contributed by atoms with van der Waals surface area (Å²) in [6, 6.07) is 6.08. The van der Waals surface area contributed by atoms with Gasteiger partial charge in [0.25, 0.3) is 41.2 Å². The van der Waals surface area contributed by atoms with Crippen LogP contribution in [0.5, 0.6) is 0 Å². The first kappa shape index (κ1) is 95.1. The molecular weight excluding hydrogens is 1510 g/mol. The van der Waals surface area contributed by atoms with Gasteiger partial charge in [0.1, 0.15) is 77.5 Å². The number of barbiturate groups is 3. The van der Waals surface area contributed by atoms with E-state index in [1.807, 2.05) is 104 Å². The van der Waals surface area contributed by atoms with Crippen molar-refractivity contribution in [3.05, 3.63) is 141 Å². The molecule has 10 heterocycles. The average molecular weight is 1620 g/mol. The van der Waals surface area contributed by atoms with Gasteiger partial charge >= 0.3 is 30.0 Å². The molecule has 0 aromatic heterocycles. The zero-order valence-corrected chi connectivity index (χ0v) is 71.3. The van der Waals surface area contributed by atoms with E-state index in [0.29, 0.717) is 63.6 Å². The van der Waals surface area contributed by atoms with Crippen LogP contribution in [-0.2, 0) is 66.8 Å². The maximum Gasteiger partial charge on any atom is 0.348 e. The summed E-state index contributed by atoms with van der Waals surface area (Å²) in [6.07, 6.45) is 26.8. The van der Waals surface area contributed by atoms with Crippen molar-refractivity contribution in [1.29, 1.82) is 21.0 Å². The van der Waals surface area contributed by atoms with E-state index in [1.54, 1.807) is 30.4 Å². The molecule has 10 rings (SSSR count). The fraction of sp³-hybridized carbons (Fsp3) is 0.524. The third-order valence-corrected chi connectivity index (χ3v) is 20.0. The molecule has 630 valence electrons. The molecule has 0 N–H and O–H groups in total. The van der Waals surface area contributed by atoms with E-state index < -0.39 is 76.8 Å². The lowest BCUT2D eigenvalue weighted by molar-refractivity contribution is -0.222. The van der Waals surface area contributed by atoms with E-state index in [4.69, 9.17) is 44.7 Å². The van der Waals surface area contributed by atoms with Gasteiger partial charge in [-0.05, 0) is 194 Å². The summed E-state index contributed by atoms with van der Waals surface area (Å²) < 4.78 is 26.7. The van der Waals surface area contributed by atoms with Gasteiger partial charge in [-0.1, -0.05) is 13.8 Å². The second kappa shape index (κ2) is 41.7. The number of likely N-dealkylation sites (tertiary alicyclic amines) is 3. The third-order valence-electron chi connectivity index (χ3n) is 20.0. The zero-order valence-electron chi connectivity index (χ0n) is 71.3. The van der Waals surface area contributed by atoms with Gasteiger partial charge in [0.2, 0.25) is 5.91 Å². The van der Waals surface area contributed by atoms with Crippen molar-refractivity contribution in [2.75, 3.05) is 108 Å². The van der Waals surface area contributed by atoms with Crippen LogP contribution in [0.25, 0.3) is 0 Å². The molecular formula is C84H112N16O17. The first-order valence-corrected chi connectivity index (χ1v) is 38.8. The van der Waals surface area contributed by atoms with Crippen molar-refractivity contribution in [3.63, 3.8) is 0 Å². The van der Waals surface area contributed by atoms with Gasteiger partial charge < -0.3 is 48.2 Å². The van der Waals surface area contributed by atoms with Crippen LogP contribution in [0.1, 0.15) is 155 Å². The minimum Gasteiger partial charge on any atom is -0.477 e. The number of carbonyl (C=O) groups excluding carboxylic acids is 12. The molecule has 13 amide bonds. The fourth-order valence-electron chi connectivity index (χ4n) is 13.2. The Bertz CT molecular complexity index is 4340. The Morgan fingerprint density at radius 2 is 0.838 bits per heavy atom. The van der Waals surface area contributed by atoms with Crippen molar-refractivity contribution in [3.8, 4) is 24.3 Å². The number of hydrogen-bond donors (Lipinski definition) is 0. The summed E-state index contributed by atoms with van der Waals surface area (Å²) in [5, 5.41) is 34.3. The van der Waals surface area contributed by atoms with E-state index in [9.17, 15) is 57.5 Å². The highest BCUT2D eigenvalue weighted by molar-refractivity contribution is 6.30. The number of rotatable bonds is 13. The van der Waals surface area contributed by atoms with E-state index in [-0.39, 0.29) is 56.3 Å². The standard InChI is InChI=1S/C19H29N3O4.C15H19N3O5.C14H19NO5.C13H17N3O3.C12H15N3.C11H13N3/c1-6-11-20-16(23)14(17(24)21(12-7-2)18(20)25)9-10-15-22(8-3)19(4,5)13-26-15;1-9(19)18-11(23-8-15(18,2)3)7-6-10-12(20)16(4)14(22)17(5)13(10)21;1-13(2)8-18-10(15(13)5)7-6-9-11(16)19-14(3,4)20-12(9)17;1-14-8-4-5-9(14)6-7-10-11(17)15(2)13(19)16(3)12(10)18;1-10(2)15-7-3-4-12(15)6-5-11(8-13)9-14;1-2-14-7-3-4-11(14)6-5-10(8-12)9-13/h9-10H,6-8,11-13H2,1-5H3;6-7H,8H2,1-5H3;6-7H,8H2,1-5H3;6-7H,4-5,8H2,1-3H3;5-6,10H,3-4,7H2,1-2H3;5-6H,2-4,7H2,1H3/b15-10+;11-7-;10-7+;9-6-;12-6-;11-6-. The molecule has 117 heavy (non-hydrogen) atoms. The Hall–Kier alpha value is -12.5. The van der Waals surface area contributed by atoms with Crippen LogP contribution in [0.4, 0.5) is 14.4 Å². The second-order valence-corrected chi connectivity index (χ2v) is 30.9. The maximum atomic E-state index is 12.7. The van der Waals surface area contributed by atoms with Crippen molar-refractivity contribution >= 4 is 71.4 Å². The summed E-state index contributed by atoms with van der Waals surface area (Å²) in [5.41, 5.74) is 2.83. The van der Waals surface area contributed by atoms with Crippen LogP contribution in [0.3, 0.4) is 0 Å². The number of amides is 13. The van der Waals surface area contributed by atoms with Crippen LogP contribution < -0.4 is 0 Å². The largest absolute Gasteiger partial charge is 0.477 e. The number of cyclic esters (lactones) is 2. The summed E-state index contributed by atoms with van der Waals surface area (Å²) in [4.78, 5) is 162. The molecule has 0 atom stereocenters. The number of likely N-dealkylation sites (N-methyl/N-ethyl adjacent to an activating group) is 6. The Morgan fingerprint density at radius 1 is 0.444 bits per heavy atom. The van der Waals surface area contributed by atoms with Crippen molar-refractivity contribution in [2.24, 2.45) is 0 Å². The first-order chi connectivity index (χ1) is 54.9. The number of allylic oxidation sites excluding steroid dienone is 17. The Kier molecular flexibility index (Phi) is 33.9. The van der Waals surface area contributed by atoms with E-state index >= 15 is 0 Å². The third kappa shape index (κ3) is 23.8. The number of hydrogen-bond acceptors (Lipinski definition) is 26. The average Bonchev–Trinajstić information content (AvgIpc) is 1.68. The Labute approximate surface area is 686 Å². The van der Waals surface area contributed by atoms with Gasteiger partial charge in [-0.25, -0.2) is 24.0 Å². The number of ether oxygens (including phenoxy) is 5. The van der Waals surface area contributed by atoms with Gasteiger partial charge in [-0.15, -0.1) is 0 Å². The number of esters is 2. The molecule has 0 radical (unpaired) electrons. The van der Waals surface area contributed by atoms with E-state index in [1.165, 1.54) is 102 Å². The molecule has 0 bridgehead atoms. The van der Waals surface area contributed by atoms with Crippen LogP contribution in [0.2, 0.25) is 0 Å². The summed E-state index contributed by atoms with van der Waals surface area (Å²) >= 11 is 0. The van der Waals surface area contributed by atoms with Crippen LogP contribution in [0, 0.1) is 45.3 Å². The van der Waals surface area contributed by atoms with Crippen LogP contribution >= 0.6 is 0 Å². The molecule has 10 saturated heterocycles. The molecule has 0 aromatic rings. The van der Waals surface area contributed by atoms with Gasteiger partial charge in [-0.2, -0.15) is 21.0 Å². The quantitative estimate of drug-likeness (QED) is 0.0717. The van der Waals surface area contributed by atoms with Crippen LogP contribution in [0.15, 0.2) is 141 Å².